The Hall–Kier alpha value is -3.60. The molecule has 4 aromatic rings. The highest BCUT2D eigenvalue weighted by molar-refractivity contribution is 7.90. The van der Waals surface area contributed by atoms with Gasteiger partial charge >= 0.3 is 0 Å². The zero-order chi connectivity index (χ0) is 20.6. The second-order valence-corrected chi connectivity index (χ2v) is 8.34. The summed E-state index contributed by atoms with van der Waals surface area (Å²) in [4.78, 5) is 14.4. The van der Waals surface area contributed by atoms with Crippen molar-refractivity contribution in [2.24, 2.45) is 0 Å². The highest BCUT2D eigenvalue weighted by Gasteiger charge is 2.15. The number of benzene rings is 1. The SMILES string of the molecule is CN(c1ccnc(Nc2cccc(S(C)(=O)=O)c2)n1)c1n[nH]c2ncc(F)cc12. The summed E-state index contributed by atoms with van der Waals surface area (Å²) >= 11 is 0. The summed E-state index contributed by atoms with van der Waals surface area (Å²) < 4.78 is 37.1. The summed E-state index contributed by atoms with van der Waals surface area (Å²) in [6.07, 6.45) is 3.81. The Morgan fingerprint density at radius 1 is 1.17 bits per heavy atom. The molecule has 0 unspecified atom stereocenters. The molecule has 3 aromatic heterocycles. The molecule has 0 aliphatic carbocycles. The van der Waals surface area contributed by atoms with E-state index in [1.807, 2.05) is 0 Å². The normalized spacial score (nSPS) is 11.6. The van der Waals surface area contributed by atoms with Crippen LogP contribution in [0.3, 0.4) is 0 Å². The molecule has 0 saturated heterocycles. The number of hydrogen-bond donors (Lipinski definition) is 2. The number of hydrogen-bond acceptors (Lipinski definition) is 8. The highest BCUT2D eigenvalue weighted by atomic mass is 32.2. The molecule has 1 aromatic carbocycles. The Morgan fingerprint density at radius 2 is 2.00 bits per heavy atom. The van der Waals surface area contributed by atoms with Crippen molar-refractivity contribution in [1.29, 1.82) is 0 Å². The Morgan fingerprint density at radius 3 is 2.79 bits per heavy atom. The predicted octanol–water partition coefficient (Wildman–Crippen LogP) is 2.80. The van der Waals surface area contributed by atoms with E-state index in [0.29, 0.717) is 28.4 Å². The van der Waals surface area contributed by atoms with Crippen LogP contribution in [0.4, 0.5) is 27.7 Å². The largest absolute Gasteiger partial charge is 0.324 e. The maximum absolute atomic E-state index is 13.6. The lowest BCUT2D eigenvalue weighted by atomic mass is 10.3. The fraction of sp³-hybridized carbons (Fsp3) is 0.111. The number of halogens is 1. The van der Waals surface area contributed by atoms with Crippen molar-refractivity contribution in [3.63, 3.8) is 0 Å². The number of fused-ring (bicyclic) bond motifs is 1. The van der Waals surface area contributed by atoms with E-state index in [0.717, 1.165) is 12.5 Å². The molecular weight excluding hydrogens is 397 g/mol. The van der Waals surface area contributed by atoms with Crippen LogP contribution in [-0.2, 0) is 9.84 Å². The molecule has 0 saturated carbocycles. The van der Waals surface area contributed by atoms with Gasteiger partial charge in [-0.15, -0.1) is 0 Å². The van der Waals surface area contributed by atoms with E-state index in [9.17, 15) is 12.8 Å². The number of sulfone groups is 1. The molecule has 9 nitrogen and oxygen atoms in total. The van der Waals surface area contributed by atoms with E-state index in [-0.39, 0.29) is 10.8 Å². The first-order valence-electron chi connectivity index (χ1n) is 8.45. The number of anilines is 4. The van der Waals surface area contributed by atoms with Crippen molar-refractivity contribution in [3.8, 4) is 0 Å². The zero-order valence-electron chi connectivity index (χ0n) is 15.5. The van der Waals surface area contributed by atoms with Crippen molar-refractivity contribution >= 4 is 44.1 Å². The van der Waals surface area contributed by atoms with E-state index >= 15 is 0 Å². The molecule has 0 fully saturated rings. The average molecular weight is 413 g/mol. The predicted molar refractivity (Wildman–Crippen MR) is 107 cm³/mol. The topological polar surface area (TPSA) is 117 Å². The zero-order valence-corrected chi connectivity index (χ0v) is 16.3. The standard InChI is InChI=1S/C18H16FN7O2S/c1-26(17-14-8-11(19)10-21-16(14)24-25-17)15-6-7-20-18(23-15)22-12-4-3-5-13(9-12)29(2,27)28/h3-10H,1-2H3,(H,20,22,23)(H,21,24,25). The Kier molecular flexibility index (Phi) is 4.59. The maximum Gasteiger partial charge on any atom is 0.229 e. The number of nitrogens with one attached hydrogen (secondary N) is 2. The number of aromatic amines is 1. The molecule has 0 aliphatic rings. The van der Waals surface area contributed by atoms with Gasteiger partial charge in [0.05, 0.1) is 16.5 Å². The first-order chi connectivity index (χ1) is 13.8. The number of nitrogens with zero attached hydrogens (tertiary/aromatic N) is 5. The van der Waals surface area contributed by atoms with Crippen molar-refractivity contribution in [3.05, 3.63) is 54.6 Å². The number of rotatable bonds is 5. The van der Waals surface area contributed by atoms with Gasteiger partial charge in [0.15, 0.2) is 21.3 Å². The fourth-order valence-electron chi connectivity index (χ4n) is 2.76. The average Bonchev–Trinajstić information content (AvgIpc) is 3.10. The molecule has 2 N–H and O–H groups in total. The van der Waals surface area contributed by atoms with Crippen LogP contribution < -0.4 is 10.2 Å². The number of aromatic nitrogens is 5. The molecule has 0 amide bonds. The third-order valence-corrected chi connectivity index (χ3v) is 5.29. The molecule has 0 atom stereocenters. The second-order valence-electron chi connectivity index (χ2n) is 6.32. The van der Waals surface area contributed by atoms with Crippen LogP contribution in [0.2, 0.25) is 0 Å². The molecule has 148 valence electrons. The van der Waals surface area contributed by atoms with Gasteiger partial charge < -0.3 is 10.2 Å². The van der Waals surface area contributed by atoms with Crippen molar-refractivity contribution in [2.45, 2.75) is 4.90 Å². The molecular formula is C18H16FN7O2S. The summed E-state index contributed by atoms with van der Waals surface area (Å²) in [7, 11) is -1.60. The van der Waals surface area contributed by atoms with E-state index in [2.05, 4.69) is 30.5 Å². The Balaban J connectivity index is 1.64. The van der Waals surface area contributed by atoms with Gasteiger partial charge in [0.25, 0.3) is 0 Å². The van der Waals surface area contributed by atoms with Crippen LogP contribution in [0.25, 0.3) is 11.0 Å². The Labute approximate surface area is 165 Å². The van der Waals surface area contributed by atoms with Crippen LogP contribution >= 0.6 is 0 Å². The minimum atomic E-state index is -3.33. The van der Waals surface area contributed by atoms with Crippen LogP contribution in [0.15, 0.2) is 53.7 Å². The molecule has 29 heavy (non-hydrogen) atoms. The third kappa shape index (κ3) is 3.85. The molecule has 3 heterocycles. The first kappa shape index (κ1) is 18.7. The van der Waals surface area contributed by atoms with Gasteiger partial charge in [-0.25, -0.2) is 22.8 Å². The van der Waals surface area contributed by atoms with Gasteiger partial charge in [-0.1, -0.05) is 6.07 Å². The van der Waals surface area contributed by atoms with Crippen LogP contribution in [-0.4, -0.2) is 46.9 Å². The minimum Gasteiger partial charge on any atom is -0.324 e. The summed E-state index contributed by atoms with van der Waals surface area (Å²) in [6.45, 7) is 0. The molecule has 0 aliphatic heterocycles. The quantitative estimate of drug-likeness (QED) is 0.513. The molecule has 4 rings (SSSR count). The third-order valence-electron chi connectivity index (χ3n) is 4.18. The van der Waals surface area contributed by atoms with Gasteiger partial charge in [0.2, 0.25) is 5.95 Å². The van der Waals surface area contributed by atoms with Gasteiger partial charge in [0, 0.05) is 25.2 Å². The van der Waals surface area contributed by atoms with Gasteiger partial charge in [-0.05, 0) is 30.3 Å². The fourth-order valence-corrected chi connectivity index (χ4v) is 3.43. The van der Waals surface area contributed by atoms with Crippen LogP contribution in [0.5, 0.6) is 0 Å². The summed E-state index contributed by atoms with van der Waals surface area (Å²) in [5.41, 5.74) is 0.988. The van der Waals surface area contributed by atoms with Crippen LogP contribution in [0, 0.1) is 5.82 Å². The van der Waals surface area contributed by atoms with E-state index in [1.165, 1.54) is 18.2 Å². The van der Waals surface area contributed by atoms with Gasteiger partial charge in [0.1, 0.15) is 11.6 Å². The van der Waals surface area contributed by atoms with E-state index in [1.54, 1.807) is 36.3 Å². The lowest BCUT2D eigenvalue weighted by Crippen LogP contribution is -2.13. The summed E-state index contributed by atoms with van der Waals surface area (Å²) in [5.74, 6) is 0.753. The highest BCUT2D eigenvalue weighted by Crippen LogP contribution is 2.28. The van der Waals surface area contributed by atoms with E-state index in [4.69, 9.17) is 0 Å². The Bertz CT molecular complexity index is 1310. The lowest BCUT2D eigenvalue weighted by Gasteiger charge is -2.16. The molecule has 0 bridgehead atoms. The molecule has 0 spiro atoms. The van der Waals surface area contributed by atoms with Gasteiger partial charge in [-0.2, -0.15) is 10.1 Å². The monoisotopic (exact) mass is 413 g/mol. The number of pyridine rings is 1. The lowest BCUT2D eigenvalue weighted by molar-refractivity contribution is 0.602. The van der Waals surface area contributed by atoms with Crippen molar-refractivity contribution in [1.82, 2.24) is 25.1 Å². The van der Waals surface area contributed by atoms with Gasteiger partial charge in [-0.3, -0.25) is 5.10 Å². The second kappa shape index (κ2) is 7.09. The molecule has 0 radical (unpaired) electrons. The van der Waals surface area contributed by atoms with Crippen molar-refractivity contribution in [2.75, 3.05) is 23.5 Å². The number of H-pyrrole nitrogens is 1. The van der Waals surface area contributed by atoms with Crippen LogP contribution in [0.1, 0.15) is 0 Å². The van der Waals surface area contributed by atoms with E-state index < -0.39 is 15.7 Å². The maximum atomic E-state index is 13.6. The van der Waals surface area contributed by atoms with Crippen molar-refractivity contribution < 1.29 is 12.8 Å². The summed E-state index contributed by atoms with van der Waals surface area (Å²) in [6, 6.07) is 9.38. The minimum absolute atomic E-state index is 0.188. The molecule has 11 heteroatoms. The first-order valence-corrected chi connectivity index (χ1v) is 10.3. The summed E-state index contributed by atoms with van der Waals surface area (Å²) in [5, 5.41) is 10.4. The smallest absolute Gasteiger partial charge is 0.229 e.